The predicted octanol–water partition coefficient (Wildman–Crippen LogP) is 1.74. The van der Waals surface area contributed by atoms with Crippen LogP contribution in [0.4, 0.5) is 0 Å². The van der Waals surface area contributed by atoms with Gasteiger partial charge in [-0.05, 0) is 69.2 Å². The van der Waals surface area contributed by atoms with E-state index in [1.165, 1.54) is 42.4 Å². The van der Waals surface area contributed by atoms with Crippen molar-refractivity contribution in [2.24, 2.45) is 5.73 Å². The van der Waals surface area contributed by atoms with Crippen LogP contribution in [0, 0.1) is 0 Å². The van der Waals surface area contributed by atoms with Crippen LogP contribution in [0.2, 0.25) is 0 Å². The number of ether oxygens (including phenoxy) is 1. The fourth-order valence-electron chi connectivity index (χ4n) is 4.53. The van der Waals surface area contributed by atoms with Gasteiger partial charge >= 0.3 is 13.5 Å². The van der Waals surface area contributed by atoms with Crippen molar-refractivity contribution in [1.29, 1.82) is 0 Å². The number of hydrogen-bond acceptors (Lipinski definition) is 13. The first kappa shape index (κ1) is 41.8. The molecule has 0 aliphatic carbocycles. The van der Waals surface area contributed by atoms with E-state index in [-0.39, 0.29) is 38.0 Å². The number of hydrogen-bond donors (Lipinski definition) is 5. The van der Waals surface area contributed by atoms with Crippen LogP contribution in [0.1, 0.15) is 76.5 Å². The minimum Gasteiger partial charge on any atom is -0.390 e. The Morgan fingerprint density at radius 2 is 1.88 bits per heavy atom. The van der Waals surface area contributed by atoms with Crippen LogP contribution in [0.3, 0.4) is 0 Å². The lowest BCUT2D eigenvalue weighted by Crippen LogP contribution is -2.33. The monoisotopic (exact) mass is 738 g/mol. The molecule has 1 aromatic heterocycles. The number of H-pyrrole nitrogens is 1. The van der Waals surface area contributed by atoms with Gasteiger partial charge in [0.1, 0.15) is 17.8 Å². The Morgan fingerprint density at radius 3 is 2.58 bits per heavy atom. The van der Waals surface area contributed by atoms with Crippen molar-refractivity contribution in [3.05, 3.63) is 49.5 Å². The number of phosphoric ester groups is 1. The third kappa shape index (κ3) is 16.8. The van der Waals surface area contributed by atoms with Gasteiger partial charge in [0.2, 0.25) is 5.91 Å². The first-order chi connectivity index (χ1) is 22.7. The molecule has 0 radical (unpaired) electrons. The molecule has 4 unspecified atom stereocenters. The SMILES string of the molecule is CC(=O)CS(=O)(=O)C=CSCCCCCCOP(=O)(O)OCCCC1OC(n2cc(/C=C/C(=O)NCCCCN)c(=O)[nH]c2=O)CC1O. The van der Waals surface area contributed by atoms with E-state index in [0.29, 0.717) is 25.3 Å². The molecule has 1 aliphatic heterocycles. The molecular formula is C29H47N4O12PS2. The first-order valence-corrected chi connectivity index (χ1v) is 20.0. The highest BCUT2D eigenvalue weighted by atomic mass is 32.2. The van der Waals surface area contributed by atoms with Crippen LogP contribution >= 0.6 is 19.6 Å². The van der Waals surface area contributed by atoms with Crippen LogP contribution in [0.15, 0.2) is 32.7 Å². The Balaban J connectivity index is 1.68. The summed E-state index contributed by atoms with van der Waals surface area (Å²) in [5.41, 5.74) is 4.04. The fourth-order valence-corrected chi connectivity index (χ4v) is 7.49. The number of Topliss-reactive ketones (excluding diaryl/α,β-unsaturated/α-hetero) is 1. The van der Waals surface area contributed by atoms with Crippen molar-refractivity contribution in [3.8, 4) is 0 Å². The van der Waals surface area contributed by atoms with Gasteiger partial charge < -0.3 is 25.8 Å². The molecule has 1 fully saturated rings. The molecule has 48 heavy (non-hydrogen) atoms. The van der Waals surface area contributed by atoms with Gasteiger partial charge in [0.05, 0.1) is 31.0 Å². The Kier molecular flexibility index (Phi) is 18.8. The minimum absolute atomic E-state index is 0.0147. The first-order valence-electron chi connectivity index (χ1n) is 15.7. The molecule has 1 saturated heterocycles. The fraction of sp³-hybridized carbons (Fsp3) is 0.655. The van der Waals surface area contributed by atoms with Gasteiger partial charge in [0.25, 0.3) is 5.56 Å². The normalized spacial score (nSPS) is 19.6. The van der Waals surface area contributed by atoms with Crippen LogP contribution in [0.5, 0.6) is 0 Å². The van der Waals surface area contributed by atoms with E-state index in [1.807, 2.05) is 0 Å². The molecule has 0 bridgehead atoms. The second-order valence-electron chi connectivity index (χ2n) is 11.1. The van der Waals surface area contributed by atoms with Crippen molar-refractivity contribution in [2.45, 2.75) is 83.1 Å². The van der Waals surface area contributed by atoms with Crippen molar-refractivity contribution < 1.29 is 46.4 Å². The van der Waals surface area contributed by atoms with Gasteiger partial charge in [0.15, 0.2) is 9.84 Å². The van der Waals surface area contributed by atoms with Crippen LogP contribution in [0.25, 0.3) is 6.08 Å². The topological polar surface area (TPSA) is 246 Å². The Morgan fingerprint density at radius 1 is 1.17 bits per heavy atom. The van der Waals surface area contributed by atoms with E-state index in [0.717, 1.165) is 42.1 Å². The number of amides is 1. The maximum absolute atomic E-state index is 12.5. The minimum atomic E-state index is -4.28. The molecule has 0 spiro atoms. The van der Waals surface area contributed by atoms with Crippen LogP contribution in [-0.2, 0) is 37.8 Å². The lowest BCUT2D eigenvalue weighted by atomic mass is 10.1. The van der Waals surface area contributed by atoms with Gasteiger partial charge in [-0.25, -0.2) is 17.8 Å². The third-order valence-corrected chi connectivity index (χ3v) is 10.3. The third-order valence-electron chi connectivity index (χ3n) is 6.92. The van der Waals surface area contributed by atoms with E-state index in [2.05, 4.69) is 10.3 Å². The lowest BCUT2D eigenvalue weighted by Gasteiger charge is -2.17. The summed E-state index contributed by atoms with van der Waals surface area (Å²) in [4.78, 5) is 59.8. The van der Waals surface area contributed by atoms with Crippen LogP contribution < -0.4 is 22.3 Å². The molecule has 1 amide bonds. The highest BCUT2D eigenvalue weighted by Gasteiger charge is 2.35. The standard InChI is InChI=1S/C29H47N4O12PS2/c1-22(34)21-48(41,42)18-17-47-16-7-3-2-6-14-43-46(39,40)44-15-8-9-25-24(35)19-27(45-25)33-20-23(28(37)32-29(33)38)10-11-26(36)31-13-5-4-12-30/h10-11,17-18,20,24-25,27,35H,2-9,12-16,19,21,30H2,1H3,(H,31,36)(H,39,40)(H,32,37,38)/b11-10+,18-17?. The molecule has 0 saturated carbocycles. The molecule has 1 aromatic rings. The average Bonchev–Trinajstić information content (AvgIpc) is 3.37. The number of rotatable bonds is 24. The summed E-state index contributed by atoms with van der Waals surface area (Å²) in [5.74, 6) is -0.646. The molecule has 2 heterocycles. The number of aromatic nitrogens is 2. The van der Waals surface area contributed by atoms with E-state index < -0.39 is 64.8 Å². The molecular weight excluding hydrogens is 691 g/mol. The van der Waals surface area contributed by atoms with E-state index >= 15 is 0 Å². The number of carbonyl (C=O) groups excluding carboxylic acids is 2. The van der Waals surface area contributed by atoms with Gasteiger partial charge in [-0.1, -0.05) is 12.8 Å². The van der Waals surface area contributed by atoms with Crippen molar-refractivity contribution in [2.75, 3.05) is 37.8 Å². The summed E-state index contributed by atoms with van der Waals surface area (Å²) in [6.45, 7) is 2.05. The maximum atomic E-state index is 12.5. The number of aliphatic hydroxyl groups excluding tert-OH is 1. The Bertz CT molecular complexity index is 1510. The molecule has 272 valence electrons. The Hall–Kier alpha value is -2.41. The number of aliphatic hydroxyl groups is 1. The van der Waals surface area contributed by atoms with Crippen molar-refractivity contribution in [3.63, 3.8) is 0 Å². The number of sulfone groups is 1. The van der Waals surface area contributed by atoms with E-state index in [9.17, 15) is 42.2 Å². The van der Waals surface area contributed by atoms with Crippen LogP contribution in [-0.4, -0.2) is 89.7 Å². The molecule has 2 rings (SSSR count). The van der Waals surface area contributed by atoms with E-state index in [4.69, 9.17) is 19.5 Å². The van der Waals surface area contributed by atoms with Gasteiger partial charge in [-0.15, -0.1) is 11.8 Å². The summed E-state index contributed by atoms with van der Waals surface area (Å²) in [6.07, 6.45) is 6.09. The lowest BCUT2D eigenvalue weighted by molar-refractivity contribution is -0.116. The number of nitrogens with two attached hydrogens (primary N) is 1. The zero-order valence-corrected chi connectivity index (χ0v) is 29.5. The maximum Gasteiger partial charge on any atom is 0.472 e. The number of unbranched alkanes of at least 4 members (excludes halogenated alkanes) is 4. The summed E-state index contributed by atoms with van der Waals surface area (Å²) in [6, 6.07) is 0. The number of ketones is 1. The molecule has 6 N–H and O–H groups in total. The molecule has 4 atom stereocenters. The Labute approximate surface area is 284 Å². The highest BCUT2D eigenvalue weighted by molar-refractivity contribution is 8.03. The van der Waals surface area contributed by atoms with E-state index in [1.54, 1.807) is 0 Å². The molecule has 16 nitrogen and oxygen atoms in total. The summed E-state index contributed by atoms with van der Waals surface area (Å²) >= 11 is 1.33. The van der Waals surface area contributed by atoms with Gasteiger partial charge in [-0.3, -0.25) is 33.0 Å². The average molecular weight is 739 g/mol. The van der Waals surface area contributed by atoms with Crippen molar-refractivity contribution >= 4 is 47.2 Å². The largest absolute Gasteiger partial charge is 0.472 e. The summed E-state index contributed by atoms with van der Waals surface area (Å²) < 4.78 is 52.4. The number of carbonyl (C=O) groups is 2. The number of phosphoric acid groups is 1. The predicted molar refractivity (Wildman–Crippen MR) is 182 cm³/mol. The van der Waals surface area contributed by atoms with Crippen molar-refractivity contribution in [1.82, 2.24) is 14.9 Å². The second kappa shape index (κ2) is 21.6. The quantitative estimate of drug-likeness (QED) is 0.0576. The molecule has 19 heteroatoms. The number of aromatic amines is 1. The van der Waals surface area contributed by atoms with Gasteiger partial charge in [-0.2, -0.15) is 0 Å². The van der Waals surface area contributed by atoms with Gasteiger partial charge in [0, 0.05) is 30.6 Å². The summed E-state index contributed by atoms with van der Waals surface area (Å²) in [7, 11) is -7.80. The zero-order valence-electron chi connectivity index (χ0n) is 27.0. The number of nitrogens with zero attached hydrogens (tertiary/aromatic N) is 1. The highest BCUT2D eigenvalue weighted by Crippen LogP contribution is 2.43. The zero-order chi connectivity index (χ0) is 35.6. The smallest absolute Gasteiger partial charge is 0.390 e. The molecule has 0 aromatic carbocycles. The molecule has 1 aliphatic rings. The second-order valence-corrected chi connectivity index (χ2v) is 15.5. The number of thioether (sulfide) groups is 1. The number of nitrogens with one attached hydrogen (secondary N) is 2. The summed E-state index contributed by atoms with van der Waals surface area (Å²) in [5, 5.41) is 15.7.